The van der Waals surface area contributed by atoms with Crippen molar-refractivity contribution in [2.75, 3.05) is 7.11 Å². The van der Waals surface area contributed by atoms with Gasteiger partial charge in [0.2, 0.25) is 0 Å². The monoisotopic (exact) mass is 328 g/mol. The number of hydrogen-bond donors (Lipinski definition) is 2. The molecular weight excluding hydrogens is 316 g/mol. The highest BCUT2D eigenvalue weighted by atomic mass is 32.9. The van der Waals surface area contributed by atoms with Gasteiger partial charge in [-0.3, -0.25) is 0 Å². The third-order valence-electron chi connectivity index (χ3n) is 1.84. The zero-order valence-corrected chi connectivity index (χ0v) is 12.9. The van der Waals surface area contributed by atoms with Crippen LogP contribution in [0.4, 0.5) is 4.79 Å². The summed E-state index contributed by atoms with van der Waals surface area (Å²) in [6.07, 6.45) is 6.17. The van der Waals surface area contributed by atoms with E-state index in [1.165, 1.54) is 10.4 Å². The lowest BCUT2D eigenvalue weighted by atomic mass is 10.2. The van der Waals surface area contributed by atoms with Crippen LogP contribution in [-0.4, -0.2) is 23.5 Å². The molecule has 0 unspecified atom stereocenters. The van der Waals surface area contributed by atoms with Crippen molar-refractivity contribution in [3.8, 4) is 29.0 Å². The van der Waals surface area contributed by atoms with Gasteiger partial charge >= 0.3 is 6.16 Å². The first-order chi connectivity index (χ1) is 9.52. The van der Waals surface area contributed by atoms with Crippen molar-refractivity contribution in [3.05, 3.63) is 34.2 Å². The van der Waals surface area contributed by atoms with Gasteiger partial charge in [0.15, 0.2) is 0 Å². The van der Waals surface area contributed by atoms with Gasteiger partial charge in [0, 0.05) is 4.88 Å². The second-order valence-corrected chi connectivity index (χ2v) is 5.92. The highest BCUT2D eigenvalue weighted by Gasteiger charge is 2.00. The maximum atomic E-state index is 8.56. The Morgan fingerprint density at radius 2 is 1.70 bits per heavy atom. The molecule has 7 heteroatoms. The van der Waals surface area contributed by atoms with Crippen molar-refractivity contribution in [1.29, 1.82) is 0 Å². The van der Waals surface area contributed by atoms with Crippen molar-refractivity contribution in [2.24, 2.45) is 0 Å². The zero-order chi connectivity index (χ0) is 15.5. The Bertz CT molecular complexity index is 592. The Morgan fingerprint density at radius 1 is 1.20 bits per heavy atom. The molecule has 20 heavy (non-hydrogen) atoms. The minimum absolute atomic E-state index is 0.882. The van der Waals surface area contributed by atoms with Gasteiger partial charge in [0.25, 0.3) is 0 Å². The van der Waals surface area contributed by atoms with E-state index in [4.69, 9.17) is 32.0 Å². The molecule has 2 rings (SSSR count). The second-order valence-electron chi connectivity index (χ2n) is 3.01. The SMILES string of the molecule is C#C.COc1ccc(-c2cc(=S)ss2)cc1.O=C(O)O. The molecule has 1 aromatic heterocycles. The Morgan fingerprint density at radius 3 is 2.05 bits per heavy atom. The topological polar surface area (TPSA) is 66.8 Å². The third kappa shape index (κ3) is 6.89. The van der Waals surface area contributed by atoms with E-state index in [9.17, 15) is 0 Å². The Hall–Kier alpha value is -1.88. The molecule has 0 atom stereocenters. The van der Waals surface area contributed by atoms with Crippen LogP contribution in [0.3, 0.4) is 0 Å². The van der Waals surface area contributed by atoms with Gasteiger partial charge in [-0.05, 0) is 35.9 Å². The van der Waals surface area contributed by atoms with E-state index in [-0.39, 0.29) is 0 Å². The van der Waals surface area contributed by atoms with Crippen LogP contribution in [0.25, 0.3) is 10.4 Å². The summed E-state index contributed by atoms with van der Waals surface area (Å²) >= 11 is 5.09. The average Bonchev–Trinajstić information content (AvgIpc) is 2.87. The number of carbonyl (C=O) groups is 1. The molecule has 0 aliphatic rings. The normalized spacial score (nSPS) is 8.35. The summed E-state index contributed by atoms with van der Waals surface area (Å²) in [5, 5.41) is 13.9. The Kier molecular flexibility index (Phi) is 9.04. The summed E-state index contributed by atoms with van der Waals surface area (Å²) in [6.45, 7) is 0. The molecular formula is C13H12O4S3. The molecule has 0 aliphatic heterocycles. The predicted octanol–water partition coefficient (Wildman–Crippen LogP) is 4.69. The molecule has 1 heterocycles. The van der Waals surface area contributed by atoms with Crippen LogP contribution in [-0.2, 0) is 0 Å². The summed E-state index contributed by atoms with van der Waals surface area (Å²) in [4.78, 5) is 9.78. The highest BCUT2D eigenvalue weighted by Crippen LogP contribution is 2.30. The van der Waals surface area contributed by atoms with Crippen molar-refractivity contribution < 1.29 is 19.7 Å². The fourth-order valence-electron chi connectivity index (χ4n) is 1.13. The van der Waals surface area contributed by atoms with Gasteiger partial charge in [-0.1, -0.05) is 32.9 Å². The fourth-order valence-corrected chi connectivity index (χ4v) is 3.53. The number of rotatable bonds is 2. The first kappa shape index (κ1) is 18.1. The van der Waals surface area contributed by atoms with Crippen molar-refractivity contribution in [3.63, 3.8) is 0 Å². The van der Waals surface area contributed by atoms with Crippen LogP contribution in [0.15, 0.2) is 30.3 Å². The van der Waals surface area contributed by atoms with Gasteiger partial charge < -0.3 is 14.9 Å². The minimum atomic E-state index is -1.83. The van der Waals surface area contributed by atoms with Crippen molar-refractivity contribution in [2.45, 2.75) is 0 Å². The van der Waals surface area contributed by atoms with Gasteiger partial charge in [0.1, 0.15) is 9.57 Å². The number of ether oxygens (including phenoxy) is 1. The summed E-state index contributed by atoms with van der Waals surface area (Å²) < 4.78 is 6.04. The maximum Gasteiger partial charge on any atom is 0.503 e. The molecule has 0 radical (unpaired) electrons. The second kappa shape index (κ2) is 9.97. The van der Waals surface area contributed by atoms with Crippen LogP contribution < -0.4 is 4.74 Å². The van der Waals surface area contributed by atoms with Crippen LogP contribution in [0.5, 0.6) is 5.75 Å². The number of methoxy groups -OCH3 is 1. The molecule has 0 saturated carbocycles. The molecule has 0 spiro atoms. The third-order valence-corrected chi connectivity index (χ3v) is 4.75. The molecule has 0 fully saturated rings. The molecule has 0 saturated heterocycles. The summed E-state index contributed by atoms with van der Waals surface area (Å²) in [5.74, 6) is 0.882. The van der Waals surface area contributed by atoms with Crippen molar-refractivity contribution in [1.82, 2.24) is 0 Å². The number of carboxylic acid groups (broad SMARTS) is 2. The summed E-state index contributed by atoms with van der Waals surface area (Å²) in [7, 11) is 5.02. The smallest absolute Gasteiger partial charge is 0.497 e. The quantitative estimate of drug-likeness (QED) is 0.476. The average molecular weight is 328 g/mol. The lowest BCUT2D eigenvalue weighted by Gasteiger charge is -2.00. The van der Waals surface area contributed by atoms with E-state index in [1.54, 1.807) is 27.8 Å². The summed E-state index contributed by atoms with van der Waals surface area (Å²) in [5.41, 5.74) is 1.20. The molecule has 0 aliphatic carbocycles. The van der Waals surface area contributed by atoms with E-state index >= 15 is 0 Å². The van der Waals surface area contributed by atoms with E-state index in [2.05, 4.69) is 12.8 Å². The predicted molar refractivity (Wildman–Crippen MR) is 85.6 cm³/mol. The van der Waals surface area contributed by atoms with Crippen LogP contribution in [0.2, 0.25) is 0 Å². The largest absolute Gasteiger partial charge is 0.503 e. The first-order valence-electron chi connectivity index (χ1n) is 5.02. The first-order valence-corrected chi connectivity index (χ1v) is 7.58. The van der Waals surface area contributed by atoms with Gasteiger partial charge in [-0.25, -0.2) is 4.79 Å². The van der Waals surface area contributed by atoms with E-state index in [1.807, 2.05) is 30.3 Å². The van der Waals surface area contributed by atoms with Crippen LogP contribution in [0.1, 0.15) is 0 Å². The Balaban J connectivity index is 0.000000521. The van der Waals surface area contributed by atoms with Crippen molar-refractivity contribution >= 4 is 39.1 Å². The molecule has 0 bridgehead atoms. The van der Waals surface area contributed by atoms with Gasteiger partial charge in [-0.2, -0.15) is 0 Å². The highest BCUT2D eigenvalue weighted by molar-refractivity contribution is 7.80. The number of benzene rings is 1. The minimum Gasteiger partial charge on any atom is -0.497 e. The lowest BCUT2D eigenvalue weighted by Crippen LogP contribution is -1.81. The fraction of sp³-hybridized carbons (Fsp3) is 0.0769. The molecule has 0 amide bonds. The van der Waals surface area contributed by atoms with E-state index < -0.39 is 6.16 Å². The zero-order valence-electron chi connectivity index (χ0n) is 10.5. The Labute approximate surface area is 129 Å². The molecule has 1 aromatic carbocycles. The molecule has 106 valence electrons. The molecule has 2 N–H and O–H groups in total. The van der Waals surface area contributed by atoms with Crippen LogP contribution >= 0.6 is 32.9 Å². The van der Waals surface area contributed by atoms with E-state index in [0.29, 0.717) is 0 Å². The maximum absolute atomic E-state index is 8.56. The standard InChI is InChI=1S/C10H8OS3.C2H2.CH2O3/c1-11-8-4-2-7(3-5-8)9-6-10(12)14-13-9;1-2;2-1(3)4/h2-6H,1H3;1-2H;(H2,2,3,4). The lowest BCUT2D eigenvalue weighted by molar-refractivity contribution is 0.137. The van der Waals surface area contributed by atoms with Gasteiger partial charge in [0.05, 0.1) is 7.11 Å². The molecule has 2 aromatic rings. The molecule has 4 nitrogen and oxygen atoms in total. The number of terminal acetylenes is 1. The summed E-state index contributed by atoms with van der Waals surface area (Å²) in [6, 6.07) is 10.1. The number of hydrogen-bond acceptors (Lipinski definition) is 5. The van der Waals surface area contributed by atoms with Crippen LogP contribution in [0, 0.1) is 16.7 Å². The van der Waals surface area contributed by atoms with E-state index in [0.717, 1.165) is 9.57 Å². The van der Waals surface area contributed by atoms with Gasteiger partial charge in [-0.15, -0.1) is 12.8 Å².